The van der Waals surface area contributed by atoms with E-state index < -0.39 is 0 Å². The van der Waals surface area contributed by atoms with Crippen molar-refractivity contribution < 1.29 is 0 Å². The van der Waals surface area contributed by atoms with Gasteiger partial charge in [-0.15, -0.1) is 0 Å². The molecule has 4 aromatic rings. The van der Waals surface area contributed by atoms with Crippen molar-refractivity contribution in [2.45, 2.75) is 19.4 Å². The molecule has 0 N–H and O–H groups in total. The lowest BCUT2D eigenvalue weighted by Crippen LogP contribution is -2.01. The zero-order valence-corrected chi connectivity index (χ0v) is 14.1. The highest BCUT2D eigenvalue weighted by Gasteiger charge is 2.25. The summed E-state index contributed by atoms with van der Waals surface area (Å²) in [6.45, 7) is 0.983. The van der Waals surface area contributed by atoms with E-state index >= 15 is 0 Å². The summed E-state index contributed by atoms with van der Waals surface area (Å²) >= 11 is 0. The largest absolute Gasteiger partial charge is 0.268 e. The second kappa shape index (κ2) is 5.55. The Bertz CT molecular complexity index is 1090. The lowest BCUT2D eigenvalue weighted by Gasteiger charge is -2.09. The second-order valence-corrected chi connectivity index (χ2v) is 6.59. The van der Waals surface area contributed by atoms with Crippen molar-refractivity contribution in [3.8, 4) is 22.5 Å². The Labute approximate surface area is 147 Å². The molecule has 4 heterocycles. The molecule has 0 radical (unpaired) electrons. The van der Waals surface area contributed by atoms with Gasteiger partial charge in [0.25, 0.3) is 0 Å². The zero-order chi connectivity index (χ0) is 16.8. The predicted molar refractivity (Wildman–Crippen MR) is 103 cm³/mol. The van der Waals surface area contributed by atoms with Crippen LogP contribution in [0.1, 0.15) is 12.1 Å². The molecule has 0 unspecified atom stereocenters. The highest BCUT2D eigenvalue weighted by molar-refractivity contribution is 6.33. The number of aromatic nitrogens is 4. The van der Waals surface area contributed by atoms with Crippen molar-refractivity contribution in [3.05, 3.63) is 60.6 Å². The van der Waals surface area contributed by atoms with Crippen LogP contribution >= 0.6 is 0 Å². The Balaban J connectivity index is 1.83. The van der Waals surface area contributed by atoms with E-state index in [1.807, 2.05) is 30.6 Å². The molecule has 5 heteroatoms. The Kier molecular flexibility index (Phi) is 3.20. The number of nitrogens with zero attached hydrogens (tertiary/aromatic N) is 4. The fraction of sp³-hybridized carbons (Fsp3) is 0.150. The molecule has 3 aromatic heterocycles. The van der Waals surface area contributed by atoms with E-state index in [0.29, 0.717) is 0 Å². The van der Waals surface area contributed by atoms with Crippen LogP contribution in [0.5, 0.6) is 0 Å². The number of rotatable bonds is 2. The van der Waals surface area contributed by atoms with Gasteiger partial charge in [-0.2, -0.15) is 5.10 Å². The first kappa shape index (κ1) is 14.4. The minimum absolute atomic E-state index is 0.927. The van der Waals surface area contributed by atoms with Crippen LogP contribution < -0.4 is 5.46 Å². The molecule has 0 bridgehead atoms. The van der Waals surface area contributed by atoms with Crippen LogP contribution in [0, 0.1) is 0 Å². The molecule has 4 nitrogen and oxygen atoms in total. The van der Waals surface area contributed by atoms with E-state index in [4.69, 9.17) is 5.10 Å². The first-order valence-electron chi connectivity index (χ1n) is 8.68. The number of benzene rings is 1. The van der Waals surface area contributed by atoms with Gasteiger partial charge >= 0.3 is 0 Å². The normalized spacial score (nSPS) is 13.3. The summed E-state index contributed by atoms with van der Waals surface area (Å²) in [5.41, 5.74) is 7.89. The first-order chi connectivity index (χ1) is 12.3. The number of aryl methyl sites for hydroxylation is 1. The van der Waals surface area contributed by atoms with Gasteiger partial charge in [0.1, 0.15) is 13.5 Å². The van der Waals surface area contributed by atoms with E-state index in [1.54, 1.807) is 0 Å². The molecule has 0 saturated heterocycles. The van der Waals surface area contributed by atoms with Crippen LogP contribution in [-0.4, -0.2) is 27.6 Å². The molecule has 0 atom stereocenters. The van der Waals surface area contributed by atoms with Gasteiger partial charge in [-0.3, -0.25) is 14.6 Å². The molecule has 0 saturated carbocycles. The zero-order valence-electron chi connectivity index (χ0n) is 14.1. The minimum Gasteiger partial charge on any atom is -0.268 e. The average Bonchev–Trinajstić information content (AvgIpc) is 3.22. The molecule has 0 fully saturated rings. The van der Waals surface area contributed by atoms with Crippen molar-refractivity contribution in [1.29, 1.82) is 0 Å². The highest BCUT2D eigenvalue weighted by Crippen LogP contribution is 2.39. The first-order valence-corrected chi connectivity index (χ1v) is 8.68. The van der Waals surface area contributed by atoms with Gasteiger partial charge in [-0.1, -0.05) is 23.7 Å². The van der Waals surface area contributed by atoms with E-state index in [-0.39, 0.29) is 0 Å². The Hall–Kier alpha value is -2.95. The van der Waals surface area contributed by atoms with Gasteiger partial charge in [0.2, 0.25) is 0 Å². The van der Waals surface area contributed by atoms with E-state index in [2.05, 4.69) is 46.8 Å². The molecule has 1 aliphatic heterocycles. The molecule has 25 heavy (non-hydrogen) atoms. The number of hydrogen-bond acceptors (Lipinski definition) is 3. The summed E-state index contributed by atoms with van der Waals surface area (Å²) in [5, 5.41) is 6.07. The van der Waals surface area contributed by atoms with Gasteiger partial charge in [0.15, 0.2) is 0 Å². The topological polar surface area (TPSA) is 43.6 Å². The standard InChI is InChI=1S/C20H17BN4/c21-13-6-7-14-15(8-10-23-17(14)12-13)19-18-5-3-11-25(18)24-20(19)16-4-1-2-9-22-16/h1-2,4,6-10,12H,3,5,11,21H2. The molecule has 120 valence electrons. The van der Waals surface area contributed by atoms with Crippen molar-refractivity contribution in [3.63, 3.8) is 0 Å². The van der Waals surface area contributed by atoms with Crippen molar-refractivity contribution in [2.24, 2.45) is 0 Å². The number of pyridine rings is 2. The van der Waals surface area contributed by atoms with Crippen LogP contribution in [0.25, 0.3) is 33.4 Å². The fourth-order valence-electron chi connectivity index (χ4n) is 3.77. The minimum atomic E-state index is 0.927. The Morgan fingerprint density at radius 1 is 1.00 bits per heavy atom. The van der Waals surface area contributed by atoms with Crippen LogP contribution in [0.15, 0.2) is 54.9 Å². The monoisotopic (exact) mass is 324 g/mol. The van der Waals surface area contributed by atoms with Gasteiger partial charge in [-0.25, -0.2) is 0 Å². The Morgan fingerprint density at radius 3 is 2.84 bits per heavy atom. The average molecular weight is 324 g/mol. The van der Waals surface area contributed by atoms with E-state index in [1.165, 1.54) is 27.7 Å². The smallest absolute Gasteiger partial charge is 0.139 e. The van der Waals surface area contributed by atoms with Crippen molar-refractivity contribution in [1.82, 2.24) is 19.7 Å². The molecule has 0 amide bonds. The Morgan fingerprint density at radius 2 is 1.96 bits per heavy atom. The summed E-state index contributed by atoms with van der Waals surface area (Å²) in [7, 11) is 2.10. The van der Waals surface area contributed by atoms with Crippen molar-refractivity contribution >= 4 is 24.2 Å². The maximum atomic E-state index is 4.90. The molecule has 0 aliphatic carbocycles. The second-order valence-electron chi connectivity index (χ2n) is 6.59. The lowest BCUT2D eigenvalue weighted by atomic mass is 9.91. The third-order valence-electron chi connectivity index (χ3n) is 4.92. The predicted octanol–water partition coefficient (Wildman–Crippen LogP) is 2.36. The van der Waals surface area contributed by atoms with Gasteiger partial charge in [0, 0.05) is 35.6 Å². The summed E-state index contributed by atoms with van der Waals surface area (Å²) in [4.78, 5) is 9.12. The molecule has 1 aliphatic rings. The van der Waals surface area contributed by atoms with Crippen LogP contribution in [0.4, 0.5) is 0 Å². The molecule has 1 aromatic carbocycles. The van der Waals surface area contributed by atoms with Crippen LogP contribution in [-0.2, 0) is 13.0 Å². The van der Waals surface area contributed by atoms with Gasteiger partial charge < -0.3 is 0 Å². The molecule has 0 spiro atoms. The maximum absolute atomic E-state index is 4.90. The van der Waals surface area contributed by atoms with Gasteiger partial charge in [-0.05, 0) is 42.7 Å². The summed E-state index contributed by atoms with van der Waals surface area (Å²) < 4.78 is 2.15. The summed E-state index contributed by atoms with van der Waals surface area (Å²) in [6, 6.07) is 14.6. The molecular formula is C20H17BN4. The van der Waals surface area contributed by atoms with Crippen molar-refractivity contribution in [2.75, 3.05) is 0 Å². The molecular weight excluding hydrogens is 307 g/mol. The summed E-state index contributed by atoms with van der Waals surface area (Å²) in [6.07, 6.45) is 5.95. The lowest BCUT2D eigenvalue weighted by molar-refractivity contribution is 0.658. The third-order valence-corrected chi connectivity index (χ3v) is 4.92. The van der Waals surface area contributed by atoms with E-state index in [9.17, 15) is 0 Å². The van der Waals surface area contributed by atoms with Crippen LogP contribution in [0.3, 0.4) is 0 Å². The third kappa shape index (κ3) is 2.27. The highest BCUT2D eigenvalue weighted by atomic mass is 15.3. The fourth-order valence-corrected chi connectivity index (χ4v) is 3.77. The number of hydrogen-bond donors (Lipinski definition) is 0. The van der Waals surface area contributed by atoms with E-state index in [0.717, 1.165) is 36.3 Å². The quantitative estimate of drug-likeness (QED) is 0.532. The molecule has 5 rings (SSSR count). The summed E-state index contributed by atoms with van der Waals surface area (Å²) in [5.74, 6) is 0. The maximum Gasteiger partial charge on any atom is 0.139 e. The number of fused-ring (bicyclic) bond motifs is 2. The van der Waals surface area contributed by atoms with Gasteiger partial charge in [0.05, 0.1) is 11.2 Å². The SMILES string of the molecule is Bc1ccc2c(-c3c(-c4ccccn4)nn4c3CCC4)ccnc2c1. The van der Waals surface area contributed by atoms with Crippen LogP contribution in [0.2, 0.25) is 0 Å².